The lowest BCUT2D eigenvalue weighted by atomic mass is 10.2. The van der Waals surface area contributed by atoms with Gasteiger partial charge in [0.25, 0.3) is 0 Å². The zero-order valence-electron chi connectivity index (χ0n) is 14.0. The van der Waals surface area contributed by atoms with Gasteiger partial charge in [0.15, 0.2) is 10.7 Å². The van der Waals surface area contributed by atoms with Crippen molar-refractivity contribution in [3.8, 4) is 0 Å². The Labute approximate surface area is 155 Å². The number of benzene rings is 1. The van der Waals surface area contributed by atoms with Crippen LogP contribution in [0.1, 0.15) is 11.1 Å². The van der Waals surface area contributed by atoms with Crippen LogP contribution in [0.25, 0.3) is 0 Å². The second kappa shape index (κ2) is 8.60. The van der Waals surface area contributed by atoms with Gasteiger partial charge in [-0.15, -0.1) is 0 Å². The van der Waals surface area contributed by atoms with Gasteiger partial charge in [0, 0.05) is 31.9 Å². The predicted octanol–water partition coefficient (Wildman–Crippen LogP) is 3.79. The van der Waals surface area contributed by atoms with Crippen molar-refractivity contribution < 1.29 is 4.79 Å². The van der Waals surface area contributed by atoms with Gasteiger partial charge < -0.3 is 5.01 Å². The van der Waals surface area contributed by atoms with Crippen molar-refractivity contribution in [2.75, 3.05) is 21.1 Å². The fraction of sp³-hybridized carbons (Fsp3) is 0.312. The zero-order chi connectivity index (χ0) is 17.7. The maximum Gasteiger partial charge on any atom is 0.159 e. The Bertz CT molecular complexity index is 716. The van der Waals surface area contributed by atoms with E-state index in [1.54, 1.807) is 35.0 Å². The minimum absolute atomic E-state index is 0.593. The topological polar surface area (TPSA) is 48.3 Å². The Morgan fingerprint density at radius 3 is 2.83 bits per heavy atom. The molecule has 0 saturated heterocycles. The van der Waals surface area contributed by atoms with E-state index in [2.05, 4.69) is 10.2 Å². The molecule has 0 unspecified atom stereocenters. The average molecular weight is 383 g/mol. The molecule has 0 amide bonds. The summed E-state index contributed by atoms with van der Waals surface area (Å²) in [5.74, 6) is 0.700. The van der Waals surface area contributed by atoms with Crippen LogP contribution in [0, 0.1) is 6.92 Å². The normalized spacial score (nSPS) is 15.0. The van der Waals surface area contributed by atoms with Crippen molar-refractivity contribution in [3.63, 3.8) is 0 Å². The Kier molecular flexibility index (Phi) is 6.77. The first-order valence-electron chi connectivity index (χ1n) is 7.19. The molecule has 5 nitrogen and oxygen atoms in total. The largest absolute Gasteiger partial charge is 0.303 e. The van der Waals surface area contributed by atoms with E-state index < -0.39 is 0 Å². The van der Waals surface area contributed by atoms with Crippen molar-refractivity contribution in [3.05, 3.63) is 45.0 Å². The molecule has 0 N–H and O–H groups in total. The molecule has 0 fully saturated rings. The van der Waals surface area contributed by atoms with Crippen LogP contribution in [0.2, 0.25) is 5.02 Å². The number of hydrogen-bond acceptors (Lipinski definition) is 7. The summed E-state index contributed by atoms with van der Waals surface area (Å²) in [5.41, 5.74) is 2.87. The molecule has 0 radical (unpaired) electrons. The lowest BCUT2D eigenvalue weighted by molar-refractivity contribution is -0.104. The van der Waals surface area contributed by atoms with Crippen LogP contribution < -0.4 is 0 Å². The molecule has 1 heterocycles. The van der Waals surface area contributed by atoms with Gasteiger partial charge in [-0.2, -0.15) is 10.2 Å². The van der Waals surface area contributed by atoms with E-state index in [0.29, 0.717) is 16.4 Å². The number of allylic oxidation sites excluding steroid dienone is 2. The second-order valence-corrected chi connectivity index (χ2v) is 7.99. The van der Waals surface area contributed by atoms with Gasteiger partial charge in [-0.05, 0) is 24.1 Å². The molecular formula is C16H19ClN4OS2. The van der Waals surface area contributed by atoms with Crippen molar-refractivity contribution in [2.45, 2.75) is 12.7 Å². The number of aldehydes is 1. The van der Waals surface area contributed by atoms with Gasteiger partial charge in [-0.25, -0.2) is 0 Å². The molecule has 0 bridgehead atoms. The minimum Gasteiger partial charge on any atom is -0.303 e. The Morgan fingerprint density at radius 1 is 1.46 bits per heavy atom. The van der Waals surface area contributed by atoms with Gasteiger partial charge in [0.2, 0.25) is 0 Å². The molecule has 2 rings (SSSR count). The fourth-order valence-corrected chi connectivity index (χ4v) is 4.33. The summed E-state index contributed by atoms with van der Waals surface area (Å²) in [6.07, 6.45) is 2.48. The number of hydrazone groups is 2. The van der Waals surface area contributed by atoms with Crippen LogP contribution in [0.4, 0.5) is 0 Å². The summed E-state index contributed by atoms with van der Waals surface area (Å²) >= 11 is 9.18. The van der Waals surface area contributed by atoms with Crippen LogP contribution in [-0.4, -0.2) is 48.0 Å². The number of thioether (sulfide) groups is 2. The lowest BCUT2D eigenvalue weighted by Gasteiger charge is -2.22. The third-order valence-electron chi connectivity index (χ3n) is 3.11. The van der Waals surface area contributed by atoms with Gasteiger partial charge in [0.05, 0.1) is 16.8 Å². The number of halogens is 1. The van der Waals surface area contributed by atoms with Crippen LogP contribution in [0.3, 0.4) is 0 Å². The number of carbonyl (C=O) groups excluding carboxylic acids is 1. The Balaban J connectivity index is 2.08. The molecule has 1 aliphatic rings. The second-order valence-electron chi connectivity index (χ2n) is 5.33. The van der Waals surface area contributed by atoms with E-state index in [1.807, 2.05) is 39.2 Å². The van der Waals surface area contributed by atoms with Crippen molar-refractivity contribution >= 4 is 52.0 Å². The van der Waals surface area contributed by atoms with Crippen LogP contribution >= 0.6 is 35.1 Å². The molecule has 0 spiro atoms. The van der Waals surface area contributed by atoms with Crippen molar-refractivity contribution in [2.24, 2.45) is 10.2 Å². The van der Waals surface area contributed by atoms with Crippen LogP contribution in [0.5, 0.6) is 0 Å². The lowest BCUT2D eigenvalue weighted by Crippen LogP contribution is -2.20. The standard InChI is InChI=1S/C16H19ClN4OS2/c1-11-5-6-12(13(17)7-11)10-23-16-19-21(4)14(8-18-20(2)3)15(9-22)24-16/h5-9H,10H2,1-4H3/b18-8-. The highest BCUT2D eigenvalue weighted by atomic mass is 35.5. The number of rotatable bonds is 5. The molecule has 0 saturated carbocycles. The molecule has 1 aromatic rings. The monoisotopic (exact) mass is 382 g/mol. The van der Waals surface area contributed by atoms with Crippen molar-refractivity contribution in [1.29, 1.82) is 0 Å². The highest BCUT2D eigenvalue weighted by molar-refractivity contribution is 8.40. The van der Waals surface area contributed by atoms with E-state index >= 15 is 0 Å². The van der Waals surface area contributed by atoms with E-state index in [0.717, 1.165) is 26.8 Å². The summed E-state index contributed by atoms with van der Waals surface area (Å²) in [6, 6.07) is 6.01. The first kappa shape index (κ1) is 18.9. The van der Waals surface area contributed by atoms with Crippen LogP contribution in [-0.2, 0) is 10.5 Å². The number of carbonyl (C=O) groups is 1. The summed E-state index contributed by atoms with van der Waals surface area (Å²) in [7, 11) is 5.45. The zero-order valence-corrected chi connectivity index (χ0v) is 16.4. The van der Waals surface area contributed by atoms with Crippen molar-refractivity contribution in [1.82, 2.24) is 10.0 Å². The third-order valence-corrected chi connectivity index (χ3v) is 5.63. The number of aryl methyl sites for hydroxylation is 1. The fourth-order valence-electron chi connectivity index (χ4n) is 1.87. The number of hydrogen-bond donors (Lipinski definition) is 0. The minimum atomic E-state index is 0.593. The smallest absolute Gasteiger partial charge is 0.159 e. The van der Waals surface area contributed by atoms with E-state index in [4.69, 9.17) is 11.6 Å². The number of nitrogens with zero attached hydrogens (tertiary/aromatic N) is 4. The van der Waals surface area contributed by atoms with E-state index in [-0.39, 0.29) is 0 Å². The Hall–Kier alpha value is -1.44. The molecule has 8 heteroatoms. The molecule has 128 valence electrons. The first-order chi connectivity index (χ1) is 11.4. The molecule has 0 aliphatic carbocycles. The molecule has 0 atom stereocenters. The SMILES string of the molecule is Cc1ccc(CSC2=NN(C)C(/C=N\N(C)C)=C(C=O)S2)c(Cl)c1. The predicted molar refractivity (Wildman–Crippen MR) is 106 cm³/mol. The highest BCUT2D eigenvalue weighted by Crippen LogP contribution is 2.34. The Morgan fingerprint density at radius 2 is 2.21 bits per heavy atom. The van der Waals surface area contributed by atoms with Gasteiger partial charge in [0.1, 0.15) is 0 Å². The summed E-state index contributed by atoms with van der Waals surface area (Å²) < 4.78 is 0.804. The molecule has 1 aliphatic heterocycles. The molecule has 1 aromatic carbocycles. The maximum absolute atomic E-state index is 11.4. The first-order valence-corrected chi connectivity index (χ1v) is 9.37. The molecular weight excluding hydrogens is 364 g/mol. The third kappa shape index (κ3) is 5.03. The van der Waals surface area contributed by atoms with Gasteiger partial charge >= 0.3 is 0 Å². The quantitative estimate of drug-likeness (QED) is 0.440. The van der Waals surface area contributed by atoms with E-state index in [1.165, 1.54) is 11.8 Å². The average Bonchev–Trinajstić information content (AvgIpc) is 2.52. The van der Waals surface area contributed by atoms with Crippen LogP contribution in [0.15, 0.2) is 39.0 Å². The van der Waals surface area contributed by atoms with Gasteiger partial charge in [-0.1, -0.05) is 47.3 Å². The van der Waals surface area contributed by atoms with Gasteiger partial charge in [-0.3, -0.25) is 9.80 Å². The molecule has 24 heavy (non-hydrogen) atoms. The molecule has 0 aromatic heterocycles. The van der Waals surface area contributed by atoms with E-state index in [9.17, 15) is 4.79 Å². The summed E-state index contributed by atoms with van der Waals surface area (Å²) in [4.78, 5) is 12.0. The highest BCUT2D eigenvalue weighted by Gasteiger charge is 2.20. The maximum atomic E-state index is 11.4. The summed E-state index contributed by atoms with van der Waals surface area (Å²) in [6.45, 7) is 2.01. The summed E-state index contributed by atoms with van der Waals surface area (Å²) in [5, 5.41) is 12.8.